The molecule has 1 spiro atoms. The smallest absolute Gasteiger partial charge is 0.253 e. The van der Waals surface area contributed by atoms with Crippen molar-refractivity contribution in [3.8, 4) is 5.69 Å². The topological polar surface area (TPSA) is 113 Å². The quantitative estimate of drug-likeness (QED) is 0.768. The molecule has 1 aromatic heterocycles. The number of likely N-dealkylation sites (tertiary alicyclic amines) is 1. The third-order valence-electron chi connectivity index (χ3n) is 5.34. The monoisotopic (exact) mass is 356 g/mol. The van der Waals surface area contributed by atoms with Crippen molar-refractivity contribution < 1.29 is 14.7 Å². The molecule has 2 aliphatic heterocycles. The highest BCUT2D eigenvalue weighted by Gasteiger charge is 2.50. The Hall–Kier alpha value is -2.81. The average Bonchev–Trinajstić information content (AvgIpc) is 3.20. The number of aromatic nitrogens is 4. The first-order valence-electron chi connectivity index (χ1n) is 8.69. The van der Waals surface area contributed by atoms with Crippen LogP contribution in [0.15, 0.2) is 30.6 Å². The lowest BCUT2D eigenvalue weighted by Gasteiger charge is -2.46. The van der Waals surface area contributed by atoms with Crippen molar-refractivity contribution in [3.63, 3.8) is 0 Å². The van der Waals surface area contributed by atoms with Gasteiger partial charge in [-0.05, 0) is 54.0 Å². The fraction of sp³-hybridized carbons (Fsp3) is 0.471. The second-order valence-corrected chi connectivity index (χ2v) is 6.85. The van der Waals surface area contributed by atoms with Crippen molar-refractivity contribution in [1.82, 2.24) is 30.4 Å². The highest BCUT2D eigenvalue weighted by Crippen LogP contribution is 2.37. The highest BCUT2D eigenvalue weighted by molar-refractivity contribution is 5.95. The van der Waals surface area contributed by atoms with Crippen molar-refractivity contribution in [2.24, 2.45) is 5.41 Å². The van der Waals surface area contributed by atoms with E-state index in [0.717, 1.165) is 12.1 Å². The molecule has 26 heavy (non-hydrogen) atoms. The molecule has 4 rings (SSSR count). The first kappa shape index (κ1) is 16.6. The third kappa shape index (κ3) is 2.74. The van der Waals surface area contributed by atoms with Gasteiger partial charge in [-0.3, -0.25) is 9.59 Å². The predicted molar refractivity (Wildman–Crippen MR) is 90.4 cm³/mol. The number of carbonyl (C=O) groups excluding carboxylic acids is 2. The van der Waals surface area contributed by atoms with E-state index in [2.05, 4.69) is 20.8 Å². The van der Waals surface area contributed by atoms with E-state index in [0.29, 0.717) is 31.5 Å². The fourth-order valence-electron chi connectivity index (χ4n) is 3.84. The number of carbonyl (C=O) groups is 2. The van der Waals surface area contributed by atoms with Gasteiger partial charge in [0.05, 0.1) is 17.2 Å². The number of tetrazole rings is 1. The first-order chi connectivity index (χ1) is 12.6. The Bertz CT molecular complexity index is 806. The van der Waals surface area contributed by atoms with Crippen molar-refractivity contribution in [3.05, 3.63) is 36.2 Å². The number of amides is 2. The molecule has 2 N–H and O–H groups in total. The van der Waals surface area contributed by atoms with Crippen molar-refractivity contribution in [1.29, 1.82) is 0 Å². The van der Waals surface area contributed by atoms with E-state index in [1.807, 2.05) is 0 Å². The van der Waals surface area contributed by atoms with Crippen molar-refractivity contribution >= 4 is 11.8 Å². The summed E-state index contributed by atoms with van der Waals surface area (Å²) in [5.74, 6) is -0.291. The minimum absolute atomic E-state index is 0.141. The van der Waals surface area contributed by atoms with Gasteiger partial charge in [0, 0.05) is 25.2 Å². The van der Waals surface area contributed by atoms with Gasteiger partial charge in [0.1, 0.15) is 6.33 Å². The van der Waals surface area contributed by atoms with Crippen LogP contribution in [-0.4, -0.2) is 67.8 Å². The molecule has 0 aliphatic carbocycles. The van der Waals surface area contributed by atoms with Gasteiger partial charge in [-0.2, -0.15) is 0 Å². The summed E-state index contributed by atoms with van der Waals surface area (Å²) in [7, 11) is 0. The van der Waals surface area contributed by atoms with Gasteiger partial charge in [0.2, 0.25) is 5.91 Å². The van der Waals surface area contributed by atoms with E-state index < -0.39 is 11.5 Å². The van der Waals surface area contributed by atoms with E-state index in [9.17, 15) is 14.7 Å². The van der Waals surface area contributed by atoms with E-state index in [1.54, 1.807) is 29.2 Å². The van der Waals surface area contributed by atoms with Crippen LogP contribution >= 0.6 is 0 Å². The van der Waals surface area contributed by atoms with E-state index in [1.165, 1.54) is 11.0 Å². The lowest BCUT2D eigenvalue weighted by atomic mass is 9.71. The molecule has 136 valence electrons. The average molecular weight is 356 g/mol. The normalized spacial score (nSPS) is 26.0. The van der Waals surface area contributed by atoms with Crippen LogP contribution in [0.25, 0.3) is 5.69 Å². The number of rotatable bonds is 2. The maximum atomic E-state index is 12.9. The molecule has 2 aromatic rings. The Kier molecular flexibility index (Phi) is 4.15. The van der Waals surface area contributed by atoms with Crippen LogP contribution in [0.4, 0.5) is 0 Å². The summed E-state index contributed by atoms with van der Waals surface area (Å²) < 4.78 is 1.51. The maximum Gasteiger partial charge on any atom is 0.253 e. The Labute approximate surface area is 150 Å². The van der Waals surface area contributed by atoms with Crippen molar-refractivity contribution in [2.75, 3.05) is 19.6 Å². The molecule has 3 heterocycles. The van der Waals surface area contributed by atoms with Crippen LogP contribution < -0.4 is 5.32 Å². The van der Waals surface area contributed by atoms with E-state index >= 15 is 0 Å². The molecule has 2 atom stereocenters. The Morgan fingerprint density at radius 2 is 2.12 bits per heavy atom. The van der Waals surface area contributed by atoms with Crippen LogP contribution in [-0.2, 0) is 4.79 Å². The van der Waals surface area contributed by atoms with Gasteiger partial charge >= 0.3 is 0 Å². The van der Waals surface area contributed by atoms with Crippen LogP contribution in [0.5, 0.6) is 0 Å². The zero-order chi connectivity index (χ0) is 18.1. The number of nitrogens with one attached hydrogen (secondary N) is 1. The Balaban J connectivity index is 1.53. The molecular weight excluding hydrogens is 336 g/mol. The molecule has 9 heteroatoms. The van der Waals surface area contributed by atoms with Gasteiger partial charge in [-0.15, -0.1) is 5.10 Å². The molecule has 2 saturated heterocycles. The number of benzene rings is 1. The number of nitrogens with zero attached hydrogens (tertiary/aromatic N) is 5. The molecule has 9 nitrogen and oxygen atoms in total. The minimum atomic E-state index is -0.890. The summed E-state index contributed by atoms with van der Waals surface area (Å²) in [6, 6.07) is 6.98. The van der Waals surface area contributed by atoms with Gasteiger partial charge in [0.25, 0.3) is 5.91 Å². The number of hydrogen-bond donors (Lipinski definition) is 2. The molecular formula is C17H20N6O3. The Morgan fingerprint density at radius 1 is 1.31 bits per heavy atom. The minimum Gasteiger partial charge on any atom is -0.392 e. The molecule has 2 amide bonds. The number of piperidine rings is 2. The summed E-state index contributed by atoms with van der Waals surface area (Å²) in [5, 5.41) is 24.3. The van der Waals surface area contributed by atoms with Gasteiger partial charge in [-0.25, -0.2) is 4.68 Å². The van der Waals surface area contributed by atoms with Crippen LogP contribution in [0, 0.1) is 5.41 Å². The SMILES string of the molecule is O=C(c1ccc(-n2cnnn2)cc1)N1CC[C@@H](O)[C@@]2(CCCNC2=O)C1. The molecule has 0 radical (unpaired) electrons. The molecule has 0 saturated carbocycles. The molecule has 2 fully saturated rings. The standard InChI is InChI=1S/C17H20N6O3/c24-14-6-9-22(10-17(14)7-1-8-18-16(17)26)15(25)12-2-4-13(5-3-12)23-11-19-20-21-23/h2-5,11,14,24H,1,6-10H2,(H,18,26)/t14-,17-/m1/s1. The summed E-state index contributed by atoms with van der Waals surface area (Å²) in [6.07, 6.45) is 2.58. The zero-order valence-corrected chi connectivity index (χ0v) is 14.2. The number of aliphatic hydroxyl groups is 1. The summed E-state index contributed by atoms with van der Waals surface area (Å²) in [5.41, 5.74) is 0.395. The zero-order valence-electron chi connectivity index (χ0n) is 14.2. The molecule has 2 aliphatic rings. The predicted octanol–water partition coefficient (Wildman–Crippen LogP) is -0.234. The third-order valence-corrected chi connectivity index (χ3v) is 5.34. The first-order valence-corrected chi connectivity index (χ1v) is 8.69. The number of hydrogen-bond acceptors (Lipinski definition) is 6. The van der Waals surface area contributed by atoms with Crippen LogP contribution in [0.3, 0.4) is 0 Å². The molecule has 1 aromatic carbocycles. The summed E-state index contributed by atoms with van der Waals surface area (Å²) in [4.78, 5) is 27.0. The Morgan fingerprint density at radius 3 is 2.81 bits per heavy atom. The van der Waals surface area contributed by atoms with Crippen molar-refractivity contribution in [2.45, 2.75) is 25.4 Å². The molecule has 0 bridgehead atoms. The highest BCUT2D eigenvalue weighted by atomic mass is 16.3. The lowest BCUT2D eigenvalue weighted by Crippen LogP contribution is -2.62. The van der Waals surface area contributed by atoms with Gasteiger partial charge < -0.3 is 15.3 Å². The second kappa shape index (κ2) is 6.49. The fourth-order valence-corrected chi connectivity index (χ4v) is 3.84. The maximum absolute atomic E-state index is 12.9. The summed E-state index contributed by atoms with van der Waals surface area (Å²) in [6.45, 7) is 1.30. The number of aliphatic hydroxyl groups excluding tert-OH is 1. The van der Waals surface area contributed by atoms with E-state index in [-0.39, 0.29) is 18.4 Å². The van der Waals surface area contributed by atoms with Gasteiger partial charge in [0.15, 0.2) is 0 Å². The largest absolute Gasteiger partial charge is 0.392 e. The lowest BCUT2D eigenvalue weighted by molar-refractivity contribution is -0.147. The van der Waals surface area contributed by atoms with Crippen LogP contribution in [0.2, 0.25) is 0 Å². The second-order valence-electron chi connectivity index (χ2n) is 6.85. The van der Waals surface area contributed by atoms with E-state index in [4.69, 9.17) is 0 Å². The van der Waals surface area contributed by atoms with Crippen LogP contribution in [0.1, 0.15) is 29.6 Å². The van der Waals surface area contributed by atoms with Gasteiger partial charge in [-0.1, -0.05) is 0 Å². The molecule has 0 unspecified atom stereocenters. The summed E-state index contributed by atoms with van der Waals surface area (Å²) >= 11 is 0.